The number of hydrogen-bond donors (Lipinski definition) is 1. The molecule has 20 heavy (non-hydrogen) atoms. The zero-order valence-electron chi connectivity index (χ0n) is 12.6. The Morgan fingerprint density at radius 3 is 2.75 bits per heavy atom. The minimum atomic E-state index is 0.146. The van der Waals surface area contributed by atoms with Gasteiger partial charge in [-0.15, -0.1) is 0 Å². The first-order valence-corrected chi connectivity index (χ1v) is 7.38. The molecule has 1 aromatic rings. The van der Waals surface area contributed by atoms with Gasteiger partial charge in [0, 0.05) is 38.7 Å². The molecular weight excluding hydrogens is 252 g/mol. The molecule has 1 saturated heterocycles. The van der Waals surface area contributed by atoms with Crippen LogP contribution in [-0.4, -0.2) is 36.0 Å². The van der Waals surface area contributed by atoms with Crippen LogP contribution in [0.3, 0.4) is 0 Å². The van der Waals surface area contributed by atoms with Gasteiger partial charge in [0.15, 0.2) is 0 Å². The number of anilines is 1. The van der Waals surface area contributed by atoms with Crippen molar-refractivity contribution >= 4 is 11.7 Å². The van der Waals surface area contributed by atoms with Crippen molar-refractivity contribution in [2.75, 3.05) is 25.0 Å². The topological polar surface area (TPSA) is 58.1 Å². The largest absolute Gasteiger partial charge is 0.359 e. The fraction of sp³-hybridized carbons (Fsp3) is 0.667. The van der Waals surface area contributed by atoms with E-state index in [1.165, 1.54) is 0 Å². The fourth-order valence-corrected chi connectivity index (χ4v) is 2.55. The second-order valence-electron chi connectivity index (χ2n) is 5.74. The van der Waals surface area contributed by atoms with Gasteiger partial charge >= 0.3 is 0 Å². The molecule has 2 heterocycles. The summed E-state index contributed by atoms with van der Waals surface area (Å²) >= 11 is 0. The number of aromatic nitrogens is 2. The third-order valence-corrected chi connectivity index (χ3v) is 3.87. The predicted molar refractivity (Wildman–Crippen MR) is 79.7 cm³/mol. The second kappa shape index (κ2) is 6.68. The van der Waals surface area contributed by atoms with E-state index in [1.807, 2.05) is 12.3 Å². The fourth-order valence-electron chi connectivity index (χ4n) is 2.55. The van der Waals surface area contributed by atoms with Gasteiger partial charge in [-0.25, -0.2) is 9.97 Å². The average Bonchev–Trinajstić information content (AvgIpc) is 2.48. The number of hydrogen-bond acceptors (Lipinski definition) is 4. The van der Waals surface area contributed by atoms with Crippen LogP contribution in [0.4, 0.5) is 5.82 Å². The number of piperidine rings is 1. The first kappa shape index (κ1) is 14.8. The molecule has 1 amide bonds. The molecule has 5 heteroatoms. The SMILES string of the molecule is CNC(=O)CC1CCN(c2ccnc(C(C)C)n2)CC1. The standard InChI is InChI=1S/C15H24N4O/c1-11(2)15-17-7-4-13(18-15)19-8-5-12(6-9-19)10-14(20)16-3/h4,7,11-12H,5-6,8-10H2,1-3H3,(H,16,20). The van der Waals surface area contributed by atoms with Crippen LogP contribution in [0.15, 0.2) is 12.3 Å². The molecule has 2 rings (SSSR count). The Hall–Kier alpha value is -1.65. The van der Waals surface area contributed by atoms with Gasteiger partial charge in [0.1, 0.15) is 11.6 Å². The Balaban J connectivity index is 1.93. The summed E-state index contributed by atoms with van der Waals surface area (Å²) < 4.78 is 0. The molecule has 0 spiro atoms. The lowest BCUT2D eigenvalue weighted by Crippen LogP contribution is -2.36. The molecule has 1 N–H and O–H groups in total. The van der Waals surface area contributed by atoms with Crippen LogP contribution in [0.5, 0.6) is 0 Å². The Morgan fingerprint density at radius 1 is 1.45 bits per heavy atom. The monoisotopic (exact) mass is 276 g/mol. The second-order valence-corrected chi connectivity index (χ2v) is 5.74. The summed E-state index contributed by atoms with van der Waals surface area (Å²) in [6.07, 6.45) is 4.59. The van der Waals surface area contributed by atoms with E-state index in [9.17, 15) is 4.79 Å². The molecule has 1 aliphatic heterocycles. The quantitative estimate of drug-likeness (QED) is 0.913. The van der Waals surface area contributed by atoms with Crippen LogP contribution in [0, 0.1) is 5.92 Å². The molecule has 0 radical (unpaired) electrons. The van der Waals surface area contributed by atoms with Crippen molar-refractivity contribution in [2.24, 2.45) is 5.92 Å². The maximum Gasteiger partial charge on any atom is 0.220 e. The summed E-state index contributed by atoms with van der Waals surface area (Å²) in [4.78, 5) is 22.6. The first-order valence-electron chi connectivity index (χ1n) is 7.38. The van der Waals surface area contributed by atoms with Crippen molar-refractivity contribution in [1.82, 2.24) is 15.3 Å². The number of carbonyl (C=O) groups is 1. The van der Waals surface area contributed by atoms with Gasteiger partial charge in [-0.1, -0.05) is 13.8 Å². The van der Waals surface area contributed by atoms with Gasteiger partial charge in [0.05, 0.1) is 0 Å². The highest BCUT2D eigenvalue weighted by atomic mass is 16.1. The lowest BCUT2D eigenvalue weighted by molar-refractivity contribution is -0.121. The first-order chi connectivity index (χ1) is 9.60. The molecule has 1 aromatic heterocycles. The summed E-state index contributed by atoms with van der Waals surface area (Å²) in [5, 5.41) is 2.70. The molecule has 0 unspecified atom stereocenters. The predicted octanol–water partition coefficient (Wildman–Crippen LogP) is 1.95. The van der Waals surface area contributed by atoms with Crippen LogP contribution in [0.25, 0.3) is 0 Å². The van der Waals surface area contributed by atoms with Gasteiger partial charge in [0.2, 0.25) is 5.91 Å². The minimum absolute atomic E-state index is 0.146. The van der Waals surface area contributed by atoms with Crippen molar-refractivity contribution in [3.8, 4) is 0 Å². The van der Waals surface area contributed by atoms with Crippen LogP contribution in [0.2, 0.25) is 0 Å². The van der Waals surface area contributed by atoms with E-state index in [4.69, 9.17) is 0 Å². The van der Waals surface area contributed by atoms with E-state index in [1.54, 1.807) is 7.05 Å². The smallest absolute Gasteiger partial charge is 0.220 e. The van der Waals surface area contributed by atoms with Gasteiger partial charge in [-0.2, -0.15) is 0 Å². The molecular formula is C15H24N4O. The molecule has 0 aliphatic carbocycles. The molecule has 110 valence electrons. The average molecular weight is 276 g/mol. The third kappa shape index (κ3) is 3.68. The molecule has 5 nitrogen and oxygen atoms in total. The van der Waals surface area contributed by atoms with E-state index in [-0.39, 0.29) is 5.91 Å². The van der Waals surface area contributed by atoms with Gasteiger partial charge in [-0.05, 0) is 24.8 Å². The zero-order chi connectivity index (χ0) is 14.5. The number of rotatable bonds is 4. The molecule has 0 aromatic carbocycles. The molecule has 0 atom stereocenters. The molecule has 1 aliphatic rings. The van der Waals surface area contributed by atoms with Crippen molar-refractivity contribution in [2.45, 2.75) is 39.0 Å². The van der Waals surface area contributed by atoms with Crippen LogP contribution in [-0.2, 0) is 4.79 Å². The summed E-state index contributed by atoms with van der Waals surface area (Å²) in [5.41, 5.74) is 0. The minimum Gasteiger partial charge on any atom is -0.359 e. The Morgan fingerprint density at radius 2 is 2.15 bits per heavy atom. The van der Waals surface area contributed by atoms with E-state index in [0.717, 1.165) is 37.6 Å². The summed E-state index contributed by atoms with van der Waals surface area (Å²) in [7, 11) is 1.70. The number of nitrogens with zero attached hydrogens (tertiary/aromatic N) is 3. The highest BCUT2D eigenvalue weighted by Crippen LogP contribution is 2.24. The summed E-state index contributed by atoms with van der Waals surface area (Å²) in [5.74, 6) is 2.91. The summed E-state index contributed by atoms with van der Waals surface area (Å²) in [6.45, 7) is 6.15. The van der Waals surface area contributed by atoms with Crippen LogP contribution >= 0.6 is 0 Å². The Bertz CT molecular complexity index is 453. The maximum atomic E-state index is 11.4. The normalized spacial score (nSPS) is 16.5. The molecule has 1 fully saturated rings. The highest BCUT2D eigenvalue weighted by Gasteiger charge is 2.22. The van der Waals surface area contributed by atoms with Crippen molar-refractivity contribution in [3.05, 3.63) is 18.1 Å². The van der Waals surface area contributed by atoms with Gasteiger partial charge < -0.3 is 10.2 Å². The van der Waals surface area contributed by atoms with Crippen LogP contribution in [0.1, 0.15) is 44.9 Å². The van der Waals surface area contributed by atoms with E-state index >= 15 is 0 Å². The van der Waals surface area contributed by atoms with Gasteiger partial charge in [0.25, 0.3) is 0 Å². The molecule has 0 bridgehead atoms. The maximum absolute atomic E-state index is 11.4. The lowest BCUT2D eigenvalue weighted by atomic mass is 9.93. The highest BCUT2D eigenvalue weighted by molar-refractivity contribution is 5.75. The molecule has 0 saturated carbocycles. The van der Waals surface area contributed by atoms with Gasteiger partial charge in [-0.3, -0.25) is 4.79 Å². The number of amides is 1. The Kier molecular flexibility index (Phi) is 4.93. The van der Waals surface area contributed by atoms with Crippen LogP contribution < -0.4 is 10.2 Å². The Labute approximate surface area is 120 Å². The van der Waals surface area contributed by atoms with E-state index < -0.39 is 0 Å². The zero-order valence-corrected chi connectivity index (χ0v) is 12.6. The van der Waals surface area contributed by atoms with E-state index in [2.05, 4.69) is 34.0 Å². The third-order valence-electron chi connectivity index (χ3n) is 3.87. The van der Waals surface area contributed by atoms with Crippen molar-refractivity contribution in [1.29, 1.82) is 0 Å². The van der Waals surface area contributed by atoms with Crippen molar-refractivity contribution in [3.63, 3.8) is 0 Å². The number of nitrogens with one attached hydrogen (secondary N) is 1. The summed E-state index contributed by atoms with van der Waals surface area (Å²) in [6, 6.07) is 1.98. The lowest BCUT2D eigenvalue weighted by Gasteiger charge is -2.32. The van der Waals surface area contributed by atoms with E-state index in [0.29, 0.717) is 18.3 Å². The van der Waals surface area contributed by atoms with Crippen molar-refractivity contribution < 1.29 is 4.79 Å². The number of carbonyl (C=O) groups excluding carboxylic acids is 1.